The van der Waals surface area contributed by atoms with Gasteiger partial charge in [0.25, 0.3) is 0 Å². The summed E-state index contributed by atoms with van der Waals surface area (Å²) in [6.45, 7) is 19.7. The summed E-state index contributed by atoms with van der Waals surface area (Å²) in [6.07, 6.45) is 1.98. The lowest BCUT2D eigenvalue weighted by molar-refractivity contribution is 0.580. The molecule has 0 bridgehead atoms. The molecule has 0 atom stereocenters. The highest BCUT2D eigenvalue weighted by molar-refractivity contribution is 5.63. The molecule has 0 nitrogen and oxygen atoms in total. The number of benzene rings is 1. The Morgan fingerprint density at radius 1 is 0.812 bits per heavy atom. The van der Waals surface area contributed by atoms with Crippen LogP contribution in [0.5, 0.6) is 0 Å². The molecule has 0 aliphatic rings. The molecule has 0 amide bonds. The minimum Gasteiger partial charge on any atom is -0.0984 e. The highest BCUT2D eigenvalue weighted by atomic mass is 14.3. The fourth-order valence-corrected chi connectivity index (χ4v) is 2.77. The van der Waals surface area contributed by atoms with Gasteiger partial charge in [-0.15, -0.1) is 0 Å². The van der Waals surface area contributed by atoms with Crippen molar-refractivity contribution in [3.05, 3.63) is 40.0 Å². The van der Waals surface area contributed by atoms with E-state index in [2.05, 4.69) is 55.0 Å². The quantitative estimate of drug-likeness (QED) is 0.629. The lowest BCUT2D eigenvalue weighted by Crippen LogP contribution is -2.17. The van der Waals surface area contributed by atoms with Gasteiger partial charge < -0.3 is 0 Å². The largest absolute Gasteiger partial charge is 0.0984 e. The Bertz CT molecular complexity index is 399. The topological polar surface area (TPSA) is 0 Å². The van der Waals surface area contributed by atoms with Crippen LogP contribution in [0.4, 0.5) is 0 Å². The number of hydrogen-bond donors (Lipinski definition) is 0. The van der Waals surface area contributed by atoms with Gasteiger partial charge in [0, 0.05) is 0 Å². The van der Waals surface area contributed by atoms with E-state index in [0.29, 0.717) is 0 Å². The van der Waals surface area contributed by atoms with Crippen LogP contribution in [0, 0.1) is 27.7 Å². The van der Waals surface area contributed by atoms with Crippen molar-refractivity contribution in [2.75, 3.05) is 0 Å². The molecule has 0 aromatic heterocycles. The van der Waals surface area contributed by atoms with Crippen LogP contribution in [0.2, 0.25) is 0 Å². The normalized spacial score (nSPS) is 11.7. The molecule has 0 N–H and O–H groups in total. The summed E-state index contributed by atoms with van der Waals surface area (Å²) < 4.78 is 0. The van der Waals surface area contributed by atoms with E-state index in [-0.39, 0.29) is 5.41 Å². The van der Waals surface area contributed by atoms with Crippen LogP contribution in [0.25, 0.3) is 6.08 Å². The highest BCUT2D eigenvalue weighted by Gasteiger charge is 2.22. The average molecular weight is 216 g/mol. The second-order valence-corrected chi connectivity index (χ2v) is 5.74. The van der Waals surface area contributed by atoms with Crippen molar-refractivity contribution in [3.63, 3.8) is 0 Å². The molecule has 88 valence electrons. The lowest BCUT2D eigenvalue weighted by atomic mass is 9.77. The molecule has 0 aliphatic carbocycles. The number of hydrogen-bond acceptors (Lipinski definition) is 0. The van der Waals surface area contributed by atoms with E-state index in [1.54, 1.807) is 0 Å². The first-order valence-electron chi connectivity index (χ1n) is 5.95. The van der Waals surface area contributed by atoms with Crippen LogP contribution >= 0.6 is 0 Å². The predicted molar refractivity (Wildman–Crippen MR) is 74.2 cm³/mol. The van der Waals surface area contributed by atoms with Gasteiger partial charge in [0.15, 0.2) is 0 Å². The Hall–Kier alpha value is -1.04. The third-order valence-electron chi connectivity index (χ3n) is 3.64. The Kier molecular flexibility index (Phi) is 3.33. The van der Waals surface area contributed by atoms with E-state index in [1.165, 1.54) is 33.4 Å². The second kappa shape index (κ2) is 4.08. The van der Waals surface area contributed by atoms with E-state index in [1.807, 2.05) is 6.08 Å². The van der Waals surface area contributed by atoms with E-state index in [4.69, 9.17) is 0 Å². The third kappa shape index (κ3) is 1.93. The van der Waals surface area contributed by atoms with Crippen molar-refractivity contribution in [2.45, 2.75) is 53.9 Å². The van der Waals surface area contributed by atoms with Gasteiger partial charge in [0.05, 0.1) is 0 Å². The van der Waals surface area contributed by atoms with Crippen LogP contribution in [0.3, 0.4) is 0 Å². The second-order valence-electron chi connectivity index (χ2n) is 5.74. The van der Waals surface area contributed by atoms with Crippen molar-refractivity contribution in [3.8, 4) is 0 Å². The molecule has 1 aromatic carbocycles. The molecule has 0 radical (unpaired) electrons. The van der Waals surface area contributed by atoms with Gasteiger partial charge in [0.1, 0.15) is 0 Å². The van der Waals surface area contributed by atoms with Crippen LogP contribution < -0.4 is 0 Å². The van der Waals surface area contributed by atoms with Gasteiger partial charge in [0.2, 0.25) is 0 Å². The van der Waals surface area contributed by atoms with Crippen LogP contribution in [0.1, 0.15) is 54.2 Å². The van der Waals surface area contributed by atoms with Crippen molar-refractivity contribution < 1.29 is 0 Å². The van der Waals surface area contributed by atoms with Crippen LogP contribution in [-0.2, 0) is 5.41 Å². The molecule has 0 unspecified atom stereocenters. The van der Waals surface area contributed by atoms with E-state index in [9.17, 15) is 0 Å². The van der Waals surface area contributed by atoms with Gasteiger partial charge in [-0.25, -0.2) is 0 Å². The average Bonchev–Trinajstić information content (AvgIpc) is 2.14. The minimum atomic E-state index is 0.212. The van der Waals surface area contributed by atoms with Crippen molar-refractivity contribution in [1.29, 1.82) is 0 Å². The first-order chi connectivity index (χ1) is 7.21. The molecule has 0 heterocycles. The summed E-state index contributed by atoms with van der Waals surface area (Å²) >= 11 is 0. The van der Waals surface area contributed by atoms with Crippen molar-refractivity contribution >= 4 is 6.08 Å². The standard InChI is InChI=1S/C16H24/c1-9-14-10(2)12(4)15(16(6,7)8)13(5)11(14)3/h9H,1H2,2-8H3. The Balaban J connectivity index is 3.74. The maximum absolute atomic E-state index is 3.93. The highest BCUT2D eigenvalue weighted by Crippen LogP contribution is 2.35. The molecule has 1 aromatic rings. The summed E-state index contributed by atoms with van der Waals surface area (Å²) in [6, 6.07) is 0. The zero-order valence-electron chi connectivity index (χ0n) is 11.8. The molecule has 0 heteroatoms. The van der Waals surface area contributed by atoms with Crippen LogP contribution in [-0.4, -0.2) is 0 Å². The fraction of sp³-hybridized carbons (Fsp3) is 0.500. The number of rotatable bonds is 1. The summed E-state index contributed by atoms with van der Waals surface area (Å²) in [5, 5.41) is 0. The molecular formula is C16H24. The molecule has 0 saturated carbocycles. The molecule has 16 heavy (non-hydrogen) atoms. The SMILES string of the molecule is C=Cc1c(C)c(C)c(C(C)(C)C)c(C)c1C. The Morgan fingerprint density at radius 2 is 1.19 bits per heavy atom. The van der Waals surface area contributed by atoms with Gasteiger partial charge in [-0.3, -0.25) is 0 Å². The zero-order valence-corrected chi connectivity index (χ0v) is 11.8. The Morgan fingerprint density at radius 3 is 1.44 bits per heavy atom. The Labute approximate surface area is 100 Å². The monoisotopic (exact) mass is 216 g/mol. The molecule has 0 fully saturated rings. The fourth-order valence-electron chi connectivity index (χ4n) is 2.77. The molecule has 0 saturated heterocycles. The van der Waals surface area contributed by atoms with E-state index < -0.39 is 0 Å². The van der Waals surface area contributed by atoms with Crippen LogP contribution in [0.15, 0.2) is 6.58 Å². The summed E-state index contributed by atoms with van der Waals surface area (Å²) in [5.41, 5.74) is 8.61. The van der Waals surface area contributed by atoms with Gasteiger partial charge in [-0.05, 0) is 66.5 Å². The molecule has 0 aliphatic heterocycles. The smallest absolute Gasteiger partial charge is 0.0126 e. The van der Waals surface area contributed by atoms with Gasteiger partial charge in [-0.1, -0.05) is 33.4 Å². The van der Waals surface area contributed by atoms with Gasteiger partial charge in [-0.2, -0.15) is 0 Å². The van der Waals surface area contributed by atoms with Gasteiger partial charge >= 0.3 is 0 Å². The molecular weight excluding hydrogens is 192 g/mol. The summed E-state index contributed by atoms with van der Waals surface area (Å²) in [5.74, 6) is 0. The maximum Gasteiger partial charge on any atom is -0.0126 e. The van der Waals surface area contributed by atoms with E-state index >= 15 is 0 Å². The minimum absolute atomic E-state index is 0.212. The molecule has 0 spiro atoms. The predicted octanol–water partition coefficient (Wildman–Crippen LogP) is 4.86. The van der Waals surface area contributed by atoms with Crippen molar-refractivity contribution in [2.24, 2.45) is 0 Å². The summed E-state index contributed by atoms with van der Waals surface area (Å²) in [7, 11) is 0. The zero-order chi connectivity index (χ0) is 12.7. The lowest BCUT2D eigenvalue weighted by Gasteiger charge is -2.28. The first-order valence-corrected chi connectivity index (χ1v) is 5.95. The summed E-state index contributed by atoms with van der Waals surface area (Å²) in [4.78, 5) is 0. The maximum atomic E-state index is 3.93. The van der Waals surface area contributed by atoms with Crippen molar-refractivity contribution in [1.82, 2.24) is 0 Å². The third-order valence-corrected chi connectivity index (χ3v) is 3.64. The molecule has 1 rings (SSSR count). The first kappa shape index (κ1) is 13.0. The van der Waals surface area contributed by atoms with E-state index in [0.717, 1.165) is 0 Å².